The van der Waals surface area contributed by atoms with Crippen LogP contribution in [0.4, 0.5) is 5.69 Å². The van der Waals surface area contributed by atoms with Gasteiger partial charge < -0.3 is 11.1 Å². The van der Waals surface area contributed by atoms with Crippen LogP contribution in [0.1, 0.15) is 10.9 Å². The Labute approximate surface area is 136 Å². The van der Waals surface area contributed by atoms with Crippen LogP contribution in [0.2, 0.25) is 9.36 Å². The highest BCUT2D eigenvalue weighted by Crippen LogP contribution is 2.32. The first-order chi connectivity index (χ1) is 10.2. The van der Waals surface area contributed by atoms with E-state index in [1.54, 1.807) is 6.20 Å². The maximum absolute atomic E-state index is 6.21. The molecule has 1 aromatic carbocycles. The van der Waals surface area contributed by atoms with Crippen LogP contribution in [0.5, 0.6) is 0 Å². The highest BCUT2D eigenvalue weighted by atomic mass is 35.5. The molecule has 0 radical (unpaired) electrons. The smallest absolute Gasteiger partial charge is 0.0948 e. The Morgan fingerprint density at radius 2 is 2.05 bits per heavy atom. The Morgan fingerprint density at radius 3 is 2.76 bits per heavy atom. The average molecular weight is 338 g/mol. The number of nitrogens with two attached hydrogens (primary N) is 1. The van der Waals surface area contributed by atoms with Gasteiger partial charge in [-0.15, -0.1) is 11.3 Å². The summed E-state index contributed by atoms with van der Waals surface area (Å²) in [6.07, 6.45) is 1.75. The lowest BCUT2D eigenvalue weighted by atomic mass is 10.1. The molecule has 0 aliphatic rings. The van der Waals surface area contributed by atoms with Crippen molar-refractivity contribution in [1.82, 2.24) is 4.98 Å². The summed E-state index contributed by atoms with van der Waals surface area (Å²) in [5.74, 6) is 0. The maximum atomic E-state index is 6.21. The van der Waals surface area contributed by atoms with Gasteiger partial charge in [0.25, 0.3) is 0 Å². The van der Waals surface area contributed by atoms with Crippen molar-refractivity contribution < 1.29 is 0 Å². The zero-order valence-corrected chi connectivity index (χ0v) is 13.3. The van der Waals surface area contributed by atoms with E-state index in [9.17, 15) is 0 Å². The Kier molecular flexibility index (Phi) is 4.31. The Bertz CT molecular complexity index is 772. The number of hydrogen-bond donors (Lipinski definition) is 2. The van der Waals surface area contributed by atoms with Gasteiger partial charge in [-0.25, -0.2) is 0 Å². The fourth-order valence-corrected chi connectivity index (χ4v) is 3.54. The lowest BCUT2D eigenvalue weighted by molar-refractivity contribution is 0.807. The molecule has 3 aromatic rings. The van der Waals surface area contributed by atoms with Gasteiger partial charge in [0.05, 0.1) is 26.6 Å². The fraction of sp³-hybridized carbons (Fsp3) is 0.133. The molecule has 2 aromatic heterocycles. The van der Waals surface area contributed by atoms with Gasteiger partial charge in [0.15, 0.2) is 0 Å². The monoisotopic (exact) mass is 337 g/mol. The van der Waals surface area contributed by atoms with Crippen molar-refractivity contribution in [3.05, 3.63) is 56.8 Å². The maximum Gasteiger partial charge on any atom is 0.0948 e. The zero-order valence-electron chi connectivity index (χ0n) is 11.0. The van der Waals surface area contributed by atoms with E-state index in [1.807, 2.05) is 36.4 Å². The van der Waals surface area contributed by atoms with Gasteiger partial charge in [0, 0.05) is 23.0 Å². The van der Waals surface area contributed by atoms with E-state index < -0.39 is 0 Å². The second-order valence-corrected chi connectivity index (χ2v) is 6.72. The third-order valence-electron chi connectivity index (χ3n) is 3.22. The molecule has 0 aliphatic carbocycles. The third-order valence-corrected chi connectivity index (χ3v) is 4.89. The molecule has 108 valence electrons. The van der Waals surface area contributed by atoms with E-state index >= 15 is 0 Å². The van der Waals surface area contributed by atoms with Crippen LogP contribution < -0.4 is 11.1 Å². The predicted molar refractivity (Wildman–Crippen MR) is 91.5 cm³/mol. The first kappa shape index (κ1) is 14.6. The van der Waals surface area contributed by atoms with Gasteiger partial charge in [-0.3, -0.25) is 4.98 Å². The number of halogens is 2. The zero-order chi connectivity index (χ0) is 14.8. The molecule has 3 rings (SSSR count). The lowest BCUT2D eigenvalue weighted by Gasteiger charge is -2.18. The molecule has 21 heavy (non-hydrogen) atoms. The molecule has 0 saturated heterocycles. The van der Waals surface area contributed by atoms with E-state index in [-0.39, 0.29) is 6.04 Å². The number of anilines is 1. The lowest BCUT2D eigenvalue weighted by Crippen LogP contribution is -2.19. The molecule has 0 aliphatic heterocycles. The van der Waals surface area contributed by atoms with Crippen molar-refractivity contribution in [3.8, 4) is 0 Å². The highest BCUT2D eigenvalue weighted by Gasteiger charge is 2.14. The molecule has 3 N–H and O–H groups in total. The van der Waals surface area contributed by atoms with Gasteiger partial charge in [0.2, 0.25) is 0 Å². The number of pyridine rings is 1. The van der Waals surface area contributed by atoms with Crippen LogP contribution in [-0.2, 0) is 0 Å². The van der Waals surface area contributed by atoms with Gasteiger partial charge in [0.1, 0.15) is 0 Å². The first-order valence-corrected chi connectivity index (χ1v) is 8.01. The number of nitrogens with zero attached hydrogens (tertiary/aromatic N) is 1. The SMILES string of the molecule is NCC(Nc1ccc(Cl)c2cccnc12)c1ccc(Cl)s1. The highest BCUT2D eigenvalue weighted by molar-refractivity contribution is 7.16. The summed E-state index contributed by atoms with van der Waals surface area (Å²) in [7, 11) is 0. The minimum Gasteiger partial charge on any atom is -0.374 e. The molecule has 0 saturated carbocycles. The molecule has 6 heteroatoms. The molecule has 3 nitrogen and oxygen atoms in total. The first-order valence-electron chi connectivity index (χ1n) is 6.44. The van der Waals surface area contributed by atoms with E-state index in [0.717, 1.165) is 25.8 Å². The largest absolute Gasteiger partial charge is 0.374 e. The van der Waals surface area contributed by atoms with Crippen LogP contribution in [0.15, 0.2) is 42.6 Å². The summed E-state index contributed by atoms with van der Waals surface area (Å²) in [4.78, 5) is 5.52. The normalized spacial score (nSPS) is 12.5. The van der Waals surface area contributed by atoms with Crippen molar-refractivity contribution in [2.24, 2.45) is 5.73 Å². The van der Waals surface area contributed by atoms with Gasteiger partial charge in [-0.1, -0.05) is 23.2 Å². The molecular weight excluding hydrogens is 325 g/mol. The summed E-state index contributed by atoms with van der Waals surface area (Å²) in [5.41, 5.74) is 7.64. The van der Waals surface area contributed by atoms with Crippen molar-refractivity contribution in [2.45, 2.75) is 6.04 Å². The predicted octanol–water partition coefficient (Wildman–Crippen LogP) is 4.72. The summed E-state index contributed by atoms with van der Waals surface area (Å²) >= 11 is 13.7. The summed E-state index contributed by atoms with van der Waals surface area (Å²) in [5, 5.41) is 5.04. The van der Waals surface area contributed by atoms with E-state index in [2.05, 4.69) is 10.3 Å². The summed E-state index contributed by atoms with van der Waals surface area (Å²) in [6.45, 7) is 0.466. The summed E-state index contributed by atoms with van der Waals surface area (Å²) in [6, 6.07) is 11.5. The van der Waals surface area contributed by atoms with Crippen molar-refractivity contribution in [3.63, 3.8) is 0 Å². The minimum atomic E-state index is -0.00567. The Morgan fingerprint density at radius 1 is 1.19 bits per heavy atom. The second kappa shape index (κ2) is 6.20. The number of benzene rings is 1. The third kappa shape index (κ3) is 2.99. The van der Waals surface area contributed by atoms with Crippen LogP contribution >= 0.6 is 34.5 Å². The molecule has 0 fully saturated rings. The number of rotatable bonds is 4. The van der Waals surface area contributed by atoms with Crippen molar-refractivity contribution in [2.75, 3.05) is 11.9 Å². The van der Waals surface area contributed by atoms with Crippen LogP contribution in [0.25, 0.3) is 10.9 Å². The average Bonchev–Trinajstić information content (AvgIpc) is 2.93. The second-order valence-electron chi connectivity index (χ2n) is 4.57. The number of hydrogen-bond acceptors (Lipinski definition) is 4. The van der Waals surface area contributed by atoms with E-state index in [0.29, 0.717) is 11.6 Å². The molecule has 1 unspecified atom stereocenters. The number of aromatic nitrogens is 1. The minimum absolute atomic E-state index is 0.00567. The number of nitrogens with one attached hydrogen (secondary N) is 1. The molecule has 1 atom stereocenters. The standard InChI is InChI=1S/C15H13Cl2N3S/c16-10-3-4-11(15-9(10)2-1-7-19-15)20-12(8-18)13-5-6-14(17)21-13/h1-7,12,20H,8,18H2. The van der Waals surface area contributed by atoms with Crippen molar-refractivity contribution >= 4 is 51.1 Å². The Hall–Kier alpha value is -1.33. The van der Waals surface area contributed by atoms with Gasteiger partial charge in [-0.2, -0.15) is 0 Å². The molecule has 2 heterocycles. The number of thiophene rings is 1. The van der Waals surface area contributed by atoms with E-state index in [4.69, 9.17) is 28.9 Å². The molecular formula is C15H13Cl2N3S. The summed E-state index contributed by atoms with van der Waals surface area (Å²) < 4.78 is 0.754. The molecule has 0 bridgehead atoms. The quantitative estimate of drug-likeness (QED) is 0.724. The van der Waals surface area contributed by atoms with E-state index in [1.165, 1.54) is 11.3 Å². The van der Waals surface area contributed by atoms with Crippen LogP contribution in [-0.4, -0.2) is 11.5 Å². The van der Waals surface area contributed by atoms with Crippen LogP contribution in [0, 0.1) is 0 Å². The van der Waals surface area contributed by atoms with Crippen LogP contribution in [0.3, 0.4) is 0 Å². The topological polar surface area (TPSA) is 50.9 Å². The van der Waals surface area contributed by atoms with Gasteiger partial charge >= 0.3 is 0 Å². The van der Waals surface area contributed by atoms with Gasteiger partial charge in [-0.05, 0) is 36.4 Å². The number of fused-ring (bicyclic) bond motifs is 1. The molecule has 0 spiro atoms. The molecule has 0 amide bonds. The van der Waals surface area contributed by atoms with Crippen molar-refractivity contribution in [1.29, 1.82) is 0 Å². The Balaban J connectivity index is 1.99. The fourth-order valence-electron chi connectivity index (χ4n) is 2.20.